The molecule has 2 aromatic rings. The summed E-state index contributed by atoms with van der Waals surface area (Å²) in [6.45, 7) is 3.95. The second kappa shape index (κ2) is 8.29. The molecule has 24 heavy (non-hydrogen) atoms. The summed E-state index contributed by atoms with van der Waals surface area (Å²) in [6, 6.07) is 8.39. The highest BCUT2D eigenvalue weighted by Crippen LogP contribution is 2.22. The van der Waals surface area contributed by atoms with E-state index in [4.69, 9.17) is 0 Å². The number of carbonyl (C=O) groups excluding carboxylic acids is 1. The molecule has 1 saturated heterocycles. The van der Waals surface area contributed by atoms with Crippen LogP contribution in [-0.4, -0.2) is 28.9 Å². The highest BCUT2D eigenvalue weighted by molar-refractivity contribution is 7.13. The van der Waals surface area contributed by atoms with Gasteiger partial charge in [0.2, 0.25) is 5.91 Å². The average molecular weight is 343 g/mol. The zero-order valence-corrected chi connectivity index (χ0v) is 15.1. The molecular formula is C19H25N3OS. The number of amides is 1. The van der Waals surface area contributed by atoms with E-state index in [9.17, 15) is 4.79 Å². The van der Waals surface area contributed by atoms with E-state index in [1.807, 2.05) is 10.3 Å². The zero-order valence-electron chi connectivity index (χ0n) is 14.3. The minimum atomic E-state index is 0.209. The van der Waals surface area contributed by atoms with Crippen LogP contribution in [0.2, 0.25) is 0 Å². The molecule has 5 heteroatoms. The van der Waals surface area contributed by atoms with Crippen LogP contribution >= 0.6 is 11.3 Å². The smallest absolute Gasteiger partial charge is 0.228 e. The predicted molar refractivity (Wildman–Crippen MR) is 100.0 cm³/mol. The minimum Gasteiger partial charge on any atom is -0.342 e. The summed E-state index contributed by atoms with van der Waals surface area (Å²) < 4.78 is 0. The van der Waals surface area contributed by atoms with Gasteiger partial charge in [-0.05, 0) is 37.0 Å². The highest BCUT2D eigenvalue weighted by Gasteiger charge is 2.17. The number of nitrogens with zero attached hydrogens (tertiary/aromatic N) is 2. The molecule has 128 valence electrons. The molecule has 0 atom stereocenters. The molecule has 0 bridgehead atoms. The van der Waals surface area contributed by atoms with Gasteiger partial charge in [-0.25, -0.2) is 4.98 Å². The van der Waals surface area contributed by atoms with Gasteiger partial charge in [0.05, 0.1) is 12.1 Å². The van der Waals surface area contributed by atoms with E-state index in [0.717, 1.165) is 48.9 Å². The monoisotopic (exact) mass is 343 g/mol. The molecule has 1 aliphatic rings. The number of thiazole rings is 1. The van der Waals surface area contributed by atoms with Gasteiger partial charge in [0.15, 0.2) is 5.13 Å². The largest absolute Gasteiger partial charge is 0.342 e. The molecule has 0 radical (unpaired) electrons. The Bertz CT molecular complexity index is 658. The number of anilines is 2. The summed E-state index contributed by atoms with van der Waals surface area (Å²) in [5.74, 6) is 0.209. The lowest BCUT2D eigenvalue weighted by atomic mass is 10.1. The van der Waals surface area contributed by atoms with Gasteiger partial charge in [0.1, 0.15) is 0 Å². The molecule has 1 aliphatic heterocycles. The number of nitrogens with one attached hydrogen (secondary N) is 1. The van der Waals surface area contributed by atoms with Crippen molar-refractivity contribution in [2.45, 2.75) is 45.4 Å². The third-order valence-electron chi connectivity index (χ3n) is 4.46. The Labute approximate surface area is 147 Å². The summed E-state index contributed by atoms with van der Waals surface area (Å²) in [7, 11) is 0. The summed E-state index contributed by atoms with van der Waals surface area (Å²) >= 11 is 1.55. The number of benzene rings is 1. The third kappa shape index (κ3) is 4.57. The van der Waals surface area contributed by atoms with Crippen molar-refractivity contribution in [3.05, 3.63) is 40.9 Å². The molecule has 4 nitrogen and oxygen atoms in total. The molecule has 0 spiro atoms. The van der Waals surface area contributed by atoms with E-state index in [-0.39, 0.29) is 5.91 Å². The fraction of sp³-hybridized carbons (Fsp3) is 0.474. The van der Waals surface area contributed by atoms with Crippen molar-refractivity contribution in [3.8, 4) is 0 Å². The molecule has 0 unspecified atom stereocenters. The predicted octanol–water partition coefficient (Wildman–Crippen LogP) is 4.39. The Hall–Kier alpha value is -1.88. The van der Waals surface area contributed by atoms with Crippen LogP contribution in [0.5, 0.6) is 0 Å². The Morgan fingerprint density at radius 2 is 1.88 bits per heavy atom. The SMILES string of the molecule is CCc1ccc(Nc2nc(CC(=O)N3CCCCCC3)cs2)cc1. The first-order valence-corrected chi connectivity index (χ1v) is 9.70. The molecule has 1 N–H and O–H groups in total. The Kier molecular flexibility index (Phi) is 5.86. The molecule has 2 heterocycles. The van der Waals surface area contributed by atoms with Crippen LogP contribution in [0, 0.1) is 0 Å². The lowest BCUT2D eigenvalue weighted by molar-refractivity contribution is -0.130. The van der Waals surface area contributed by atoms with Crippen LogP contribution in [-0.2, 0) is 17.6 Å². The molecule has 1 aromatic carbocycles. The lowest BCUT2D eigenvalue weighted by Crippen LogP contribution is -2.33. The maximum absolute atomic E-state index is 12.4. The quantitative estimate of drug-likeness (QED) is 0.875. The first-order valence-electron chi connectivity index (χ1n) is 8.83. The second-order valence-electron chi connectivity index (χ2n) is 6.29. The molecule has 1 fully saturated rings. The van der Waals surface area contributed by atoms with Gasteiger partial charge in [-0.3, -0.25) is 4.79 Å². The summed E-state index contributed by atoms with van der Waals surface area (Å²) in [4.78, 5) is 19.0. The van der Waals surface area contributed by atoms with E-state index < -0.39 is 0 Å². The van der Waals surface area contributed by atoms with Gasteiger partial charge in [-0.15, -0.1) is 11.3 Å². The van der Waals surface area contributed by atoms with Crippen LogP contribution in [0.1, 0.15) is 43.9 Å². The van der Waals surface area contributed by atoms with Gasteiger partial charge in [-0.1, -0.05) is 31.9 Å². The first kappa shape index (κ1) is 17.0. The summed E-state index contributed by atoms with van der Waals surface area (Å²) in [5.41, 5.74) is 3.22. The number of aromatic nitrogens is 1. The zero-order chi connectivity index (χ0) is 16.8. The van der Waals surface area contributed by atoms with Crippen LogP contribution < -0.4 is 5.32 Å². The van der Waals surface area contributed by atoms with Gasteiger partial charge < -0.3 is 10.2 Å². The van der Waals surface area contributed by atoms with Gasteiger partial charge in [0, 0.05) is 24.2 Å². The number of likely N-dealkylation sites (tertiary alicyclic amines) is 1. The Balaban J connectivity index is 1.57. The number of rotatable bonds is 5. The first-order chi connectivity index (χ1) is 11.7. The van der Waals surface area contributed by atoms with Crippen molar-refractivity contribution in [1.82, 2.24) is 9.88 Å². The van der Waals surface area contributed by atoms with E-state index in [1.165, 1.54) is 18.4 Å². The molecule has 1 amide bonds. The highest BCUT2D eigenvalue weighted by atomic mass is 32.1. The van der Waals surface area contributed by atoms with Crippen molar-refractivity contribution in [3.63, 3.8) is 0 Å². The van der Waals surface area contributed by atoms with E-state index in [0.29, 0.717) is 6.42 Å². The average Bonchev–Trinajstić information content (AvgIpc) is 2.86. The molecule has 0 aliphatic carbocycles. The minimum absolute atomic E-state index is 0.209. The lowest BCUT2D eigenvalue weighted by Gasteiger charge is -2.19. The van der Waals surface area contributed by atoms with E-state index in [2.05, 4.69) is 41.5 Å². The Morgan fingerprint density at radius 1 is 1.17 bits per heavy atom. The van der Waals surface area contributed by atoms with Crippen LogP contribution in [0.15, 0.2) is 29.6 Å². The third-order valence-corrected chi connectivity index (χ3v) is 5.26. The number of aryl methyl sites for hydroxylation is 1. The number of carbonyl (C=O) groups is 1. The molecule has 3 rings (SSSR count). The van der Waals surface area contributed by atoms with E-state index in [1.54, 1.807) is 11.3 Å². The van der Waals surface area contributed by atoms with Crippen molar-refractivity contribution < 1.29 is 4.79 Å². The van der Waals surface area contributed by atoms with Crippen LogP contribution in [0.25, 0.3) is 0 Å². The fourth-order valence-corrected chi connectivity index (χ4v) is 3.71. The van der Waals surface area contributed by atoms with Crippen LogP contribution in [0.3, 0.4) is 0 Å². The van der Waals surface area contributed by atoms with Crippen LogP contribution in [0.4, 0.5) is 10.8 Å². The summed E-state index contributed by atoms with van der Waals surface area (Å²) in [6.07, 6.45) is 6.19. The standard InChI is InChI=1S/C19H25N3OS/c1-2-15-7-9-16(10-8-15)20-19-21-17(14-24-19)13-18(23)22-11-5-3-4-6-12-22/h7-10,14H,2-6,11-13H2,1H3,(H,20,21). The van der Waals surface area contributed by atoms with E-state index >= 15 is 0 Å². The maximum Gasteiger partial charge on any atom is 0.228 e. The van der Waals surface area contributed by atoms with Crippen molar-refractivity contribution in [2.75, 3.05) is 18.4 Å². The van der Waals surface area contributed by atoms with Gasteiger partial charge >= 0.3 is 0 Å². The van der Waals surface area contributed by atoms with Gasteiger partial charge in [0.25, 0.3) is 0 Å². The topological polar surface area (TPSA) is 45.2 Å². The Morgan fingerprint density at radius 3 is 2.54 bits per heavy atom. The fourth-order valence-electron chi connectivity index (χ4n) is 2.98. The van der Waals surface area contributed by atoms with Crippen molar-refractivity contribution in [1.29, 1.82) is 0 Å². The van der Waals surface area contributed by atoms with Crippen molar-refractivity contribution in [2.24, 2.45) is 0 Å². The molecule has 0 saturated carbocycles. The van der Waals surface area contributed by atoms with Gasteiger partial charge in [-0.2, -0.15) is 0 Å². The van der Waals surface area contributed by atoms with Crippen molar-refractivity contribution >= 4 is 28.1 Å². The summed E-state index contributed by atoms with van der Waals surface area (Å²) in [5, 5.41) is 6.15. The number of hydrogen-bond donors (Lipinski definition) is 1. The number of hydrogen-bond acceptors (Lipinski definition) is 4. The molecule has 1 aromatic heterocycles. The maximum atomic E-state index is 12.4. The normalized spacial score (nSPS) is 15.1. The second-order valence-corrected chi connectivity index (χ2v) is 7.15. The molecular weight excluding hydrogens is 318 g/mol.